The largest absolute Gasteiger partial charge is 0.361 e. The molecule has 0 radical (unpaired) electrons. The summed E-state index contributed by atoms with van der Waals surface area (Å²) in [6, 6.07) is 12.8. The highest BCUT2D eigenvalue weighted by Gasteiger charge is 2.12. The van der Waals surface area contributed by atoms with E-state index in [9.17, 15) is 10.1 Å². The van der Waals surface area contributed by atoms with Crippen LogP contribution in [-0.4, -0.2) is 16.5 Å². The van der Waals surface area contributed by atoms with Gasteiger partial charge in [-0.2, -0.15) is 0 Å². The zero-order valence-corrected chi connectivity index (χ0v) is 10.2. The minimum absolute atomic E-state index is 0.0180. The zero-order chi connectivity index (χ0) is 13.5. The molecule has 96 valence electrons. The highest BCUT2D eigenvalue weighted by Crippen LogP contribution is 2.19. The van der Waals surface area contributed by atoms with E-state index < -0.39 is 4.92 Å². The van der Waals surface area contributed by atoms with E-state index in [1.54, 1.807) is 6.07 Å². The lowest BCUT2D eigenvalue weighted by Crippen LogP contribution is -2.03. The van der Waals surface area contributed by atoms with Crippen LogP contribution >= 0.6 is 0 Å². The maximum atomic E-state index is 10.8. The SMILES string of the molecule is O=[N+]([O-])c1cccnc1NC/C=C/c1ccccc1. The van der Waals surface area contributed by atoms with Gasteiger partial charge in [-0.25, -0.2) is 4.98 Å². The number of rotatable bonds is 5. The summed E-state index contributed by atoms with van der Waals surface area (Å²) in [5.74, 6) is 0.283. The Balaban J connectivity index is 1.96. The van der Waals surface area contributed by atoms with Crippen LogP contribution in [0.3, 0.4) is 0 Å². The Kier molecular flexibility index (Phi) is 4.23. The van der Waals surface area contributed by atoms with Gasteiger partial charge in [0.15, 0.2) is 0 Å². The summed E-state index contributed by atoms with van der Waals surface area (Å²) < 4.78 is 0. The third-order valence-corrected chi connectivity index (χ3v) is 2.48. The van der Waals surface area contributed by atoms with Crippen LogP contribution in [-0.2, 0) is 0 Å². The highest BCUT2D eigenvalue weighted by atomic mass is 16.6. The van der Waals surface area contributed by atoms with E-state index in [-0.39, 0.29) is 11.5 Å². The summed E-state index contributed by atoms with van der Waals surface area (Å²) in [4.78, 5) is 14.3. The molecule has 0 saturated carbocycles. The Bertz CT molecular complexity index is 582. The highest BCUT2D eigenvalue weighted by molar-refractivity contribution is 5.56. The fourth-order valence-electron chi connectivity index (χ4n) is 1.60. The molecule has 2 aromatic rings. The first-order valence-electron chi connectivity index (χ1n) is 5.82. The van der Waals surface area contributed by atoms with Crippen LogP contribution < -0.4 is 5.32 Å². The number of anilines is 1. The normalized spacial score (nSPS) is 10.5. The van der Waals surface area contributed by atoms with Crippen molar-refractivity contribution in [3.05, 3.63) is 70.4 Å². The Morgan fingerprint density at radius 3 is 2.74 bits per heavy atom. The van der Waals surface area contributed by atoms with Gasteiger partial charge in [0.2, 0.25) is 5.82 Å². The van der Waals surface area contributed by atoms with Crippen LogP contribution in [0.15, 0.2) is 54.7 Å². The molecule has 0 fully saturated rings. The number of hydrogen-bond donors (Lipinski definition) is 1. The Morgan fingerprint density at radius 2 is 2.00 bits per heavy atom. The first-order valence-corrected chi connectivity index (χ1v) is 5.82. The van der Waals surface area contributed by atoms with Crippen LogP contribution in [0, 0.1) is 10.1 Å². The van der Waals surface area contributed by atoms with Crippen LogP contribution in [0.25, 0.3) is 6.08 Å². The van der Waals surface area contributed by atoms with E-state index in [1.807, 2.05) is 42.5 Å². The number of hydrogen-bond acceptors (Lipinski definition) is 4. The first-order chi connectivity index (χ1) is 9.27. The molecule has 1 heterocycles. The Hall–Kier alpha value is -2.69. The van der Waals surface area contributed by atoms with Crippen molar-refractivity contribution in [2.45, 2.75) is 0 Å². The molecular weight excluding hydrogens is 242 g/mol. The number of aromatic nitrogens is 1. The van der Waals surface area contributed by atoms with E-state index in [4.69, 9.17) is 0 Å². The molecule has 0 saturated heterocycles. The number of nitrogens with one attached hydrogen (secondary N) is 1. The van der Waals surface area contributed by atoms with Crippen molar-refractivity contribution >= 4 is 17.6 Å². The number of benzene rings is 1. The van der Waals surface area contributed by atoms with Gasteiger partial charge in [-0.3, -0.25) is 10.1 Å². The summed E-state index contributed by atoms with van der Waals surface area (Å²) in [5.41, 5.74) is 1.07. The zero-order valence-electron chi connectivity index (χ0n) is 10.2. The van der Waals surface area contributed by atoms with E-state index >= 15 is 0 Å². The average Bonchev–Trinajstić information content (AvgIpc) is 2.45. The lowest BCUT2D eigenvalue weighted by molar-refractivity contribution is -0.384. The quantitative estimate of drug-likeness (QED) is 0.658. The fourth-order valence-corrected chi connectivity index (χ4v) is 1.60. The van der Waals surface area contributed by atoms with E-state index in [0.29, 0.717) is 6.54 Å². The number of pyridine rings is 1. The summed E-state index contributed by atoms with van der Waals surface area (Å²) in [5, 5.41) is 13.7. The molecule has 0 aliphatic heterocycles. The lowest BCUT2D eigenvalue weighted by Gasteiger charge is -2.02. The molecule has 0 aliphatic rings. The summed E-state index contributed by atoms with van der Waals surface area (Å²) in [6.45, 7) is 0.479. The molecule has 2 rings (SSSR count). The maximum absolute atomic E-state index is 10.8. The molecule has 0 aliphatic carbocycles. The molecule has 0 unspecified atom stereocenters. The van der Waals surface area contributed by atoms with Gasteiger partial charge in [0, 0.05) is 18.8 Å². The summed E-state index contributed by atoms with van der Waals surface area (Å²) >= 11 is 0. The van der Waals surface area contributed by atoms with Gasteiger partial charge in [0.25, 0.3) is 0 Å². The third-order valence-electron chi connectivity index (χ3n) is 2.48. The van der Waals surface area contributed by atoms with Gasteiger partial charge in [-0.05, 0) is 11.6 Å². The summed E-state index contributed by atoms with van der Waals surface area (Å²) in [6.07, 6.45) is 5.37. The lowest BCUT2D eigenvalue weighted by atomic mass is 10.2. The minimum atomic E-state index is -0.448. The average molecular weight is 255 g/mol. The van der Waals surface area contributed by atoms with Crippen molar-refractivity contribution in [1.29, 1.82) is 0 Å². The molecule has 0 spiro atoms. The fraction of sp³-hybridized carbons (Fsp3) is 0.0714. The van der Waals surface area contributed by atoms with E-state index in [1.165, 1.54) is 12.3 Å². The molecule has 0 bridgehead atoms. The van der Waals surface area contributed by atoms with Gasteiger partial charge in [0.05, 0.1) is 4.92 Å². The topological polar surface area (TPSA) is 68.1 Å². The Morgan fingerprint density at radius 1 is 1.21 bits per heavy atom. The van der Waals surface area contributed by atoms with Crippen molar-refractivity contribution in [3.63, 3.8) is 0 Å². The monoisotopic (exact) mass is 255 g/mol. The van der Waals surface area contributed by atoms with E-state index in [2.05, 4.69) is 10.3 Å². The van der Waals surface area contributed by atoms with Crippen LogP contribution in [0.1, 0.15) is 5.56 Å². The van der Waals surface area contributed by atoms with Crippen LogP contribution in [0.4, 0.5) is 11.5 Å². The van der Waals surface area contributed by atoms with Gasteiger partial charge < -0.3 is 5.32 Å². The van der Waals surface area contributed by atoms with Crippen molar-refractivity contribution in [2.24, 2.45) is 0 Å². The second kappa shape index (κ2) is 6.30. The predicted molar refractivity (Wildman–Crippen MR) is 74.9 cm³/mol. The van der Waals surface area contributed by atoms with Crippen molar-refractivity contribution < 1.29 is 4.92 Å². The molecular formula is C14H13N3O2. The predicted octanol–water partition coefficient (Wildman–Crippen LogP) is 3.12. The molecule has 1 aromatic carbocycles. The van der Waals surface area contributed by atoms with E-state index in [0.717, 1.165) is 5.56 Å². The van der Waals surface area contributed by atoms with Crippen LogP contribution in [0.5, 0.6) is 0 Å². The van der Waals surface area contributed by atoms with Gasteiger partial charge in [-0.1, -0.05) is 42.5 Å². The van der Waals surface area contributed by atoms with Crippen molar-refractivity contribution in [3.8, 4) is 0 Å². The number of nitrogens with zero attached hydrogens (tertiary/aromatic N) is 2. The van der Waals surface area contributed by atoms with Gasteiger partial charge >= 0.3 is 5.69 Å². The smallest absolute Gasteiger partial charge is 0.311 e. The molecule has 5 nitrogen and oxygen atoms in total. The molecule has 5 heteroatoms. The van der Waals surface area contributed by atoms with Gasteiger partial charge in [-0.15, -0.1) is 0 Å². The molecule has 1 aromatic heterocycles. The standard InChI is InChI=1S/C14H13N3O2/c18-17(19)13-9-5-11-16-14(13)15-10-4-8-12-6-2-1-3-7-12/h1-9,11H,10H2,(H,15,16)/b8-4+. The maximum Gasteiger partial charge on any atom is 0.311 e. The first kappa shape index (κ1) is 12.8. The molecule has 0 atom stereocenters. The van der Waals surface area contributed by atoms with Crippen molar-refractivity contribution in [2.75, 3.05) is 11.9 Å². The third kappa shape index (κ3) is 3.64. The molecule has 1 N–H and O–H groups in total. The molecule has 0 amide bonds. The van der Waals surface area contributed by atoms with Gasteiger partial charge in [0.1, 0.15) is 0 Å². The Labute approximate surface area is 110 Å². The number of nitro groups is 1. The summed E-state index contributed by atoms with van der Waals surface area (Å²) in [7, 11) is 0. The minimum Gasteiger partial charge on any atom is -0.361 e. The van der Waals surface area contributed by atoms with Crippen molar-refractivity contribution in [1.82, 2.24) is 4.98 Å². The molecule has 19 heavy (non-hydrogen) atoms. The van der Waals surface area contributed by atoms with Crippen LogP contribution in [0.2, 0.25) is 0 Å². The second-order valence-electron chi connectivity index (χ2n) is 3.82. The second-order valence-corrected chi connectivity index (χ2v) is 3.82.